The molecule has 3 aliphatic rings. The van der Waals surface area contributed by atoms with E-state index in [1.165, 1.54) is 5.56 Å². The molecule has 3 saturated heterocycles. The van der Waals surface area contributed by atoms with Gasteiger partial charge < -0.3 is 14.5 Å². The molecule has 2 aromatic rings. The number of nitrogens with zero attached hydrogens (tertiary/aromatic N) is 3. The van der Waals surface area contributed by atoms with E-state index in [0.717, 1.165) is 75.0 Å². The van der Waals surface area contributed by atoms with Crippen molar-refractivity contribution in [3.05, 3.63) is 70.8 Å². The molecule has 2 amide bonds. The summed E-state index contributed by atoms with van der Waals surface area (Å²) in [5.74, 6) is 0.171. The predicted molar refractivity (Wildman–Crippen MR) is 137 cm³/mol. The van der Waals surface area contributed by atoms with Gasteiger partial charge in [0.25, 0.3) is 5.91 Å². The van der Waals surface area contributed by atoms with Crippen LogP contribution >= 0.6 is 0 Å². The van der Waals surface area contributed by atoms with Crippen LogP contribution in [0.2, 0.25) is 0 Å². The first-order valence-electron chi connectivity index (χ1n) is 13.1. The Balaban J connectivity index is 1.10. The van der Waals surface area contributed by atoms with Crippen LogP contribution < -0.4 is 0 Å². The third kappa shape index (κ3) is 5.08. The summed E-state index contributed by atoms with van der Waals surface area (Å²) in [6, 6.07) is 16.9. The molecular formula is C29H37N3O3. The Morgan fingerprint density at radius 2 is 1.60 bits per heavy atom. The number of hydrogen-bond donors (Lipinski definition) is 0. The first-order chi connectivity index (χ1) is 16.9. The Morgan fingerprint density at radius 1 is 0.943 bits per heavy atom. The van der Waals surface area contributed by atoms with E-state index in [0.29, 0.717) is 19.1 Å². The second kappa shape index (κ2) is 10.0. The molecule has 0 aromatic heterocycles. The molecule has 6 nitrogen and oxygen atoms in total. The van der Waals surface area contributed by atoms with Gasteiger partial charge >= 0.3 is 6.09 Å². The minimum atomic E-state index is -0.330. The van der Waals surface area contributed by atoms with Gasteiger partial charge in [0.2, 0.25) is 0 Å². The topological polar surface area (TPSA) is 53.1 Å². The molecule has 186 valence electrons. The lowest BCUT2D eigenvalue weighted by molar-refractivity contribution is -0.0174. The molecule has 0 N–H and O–H groups in total. The van der Waals surface area contributed by atoms with Crippen molar-refractivity contribution >= 4 is 12.0 Å². The summed E-state index contributed by atoms with van der Waals surface area (Å²) in [5, 5.41) is 0. The normalized spacial score (nSPS) is 20.9. The van der Waals surface area contributed by atoms with E-state index in [1.807, 2.05) is 60.0 Å². The summed E-state index contributed by atoms with van der Waals surface area (Å²) in [7, 11) is 0. The molecule has 0 atom stereocenters. The molecule has 2 aromatic carbocycles. The fourth-order valence-corrected chi connectivity index (χ4v) is 6.07. The molecular weight excluding hydrogens is 438 g/mol. The van der Waals surface area contributed by atoms with Crippen LogP contribution in [-0.4, -0.2) is 77.6 Å². The molecule has 1 spiro atoms. The Labute approximate surface area is 208 Å². The third-order valence-electron chi connectivity index (χ3n) is 8.23. The van der Waals surface area contributed by atoms with E-state index in [1.54, 1.807) is 0 Å². The lowest BCUT2D eigenvalue weighted by Crippen LogP contribution is -2.53. The molecule has 0 bridgehead atoms. The minimum absolute atomic E-state index is 0.160. The standard InChI is InChI=1S/C29H37N3O3/c1-22-7-6-8-23(2)26(22)27(33)31-17-12-25(13-18-31)30-19-14-29(15-20-30)21-32(28(34)35-29)16-11-24-9-4-3-5-10-24/h3-10,25H,11-21H2,1-2H3. The molecule has 3 heterocycles. The number of carbonyl (C=O) groups is 2. The van der Waals surface area contributed by atoms with Crippen LogP contribution in [0, 0.1) is 13.8 Å². The van der Waals surface area contributed by atoms with Gasteiger partial charge in [0, 0.05) is 57.2 Å². The van der Waals surface area contributed by atoms with Crippen molar-refractivity contribution in [1.29, 1.82) is 0 Å². The van der Waals surface area contributed by atoms with Gasteiger partial charge in [0.05, 0.1) is 6.54 Å². The summed E-state index contributed by atoms with van der Waals surface area (Å²) >= 11 is 0. The lowest BCUT2D eigenvalue weighted by atomic mass is 9.89. The summed E-state index contributed by atoms with van der Waals surface area (Å²) in [6.07, 6.45) is 4.49. The highest BCUT2D eigenvalue weighted by atomic mass is 16.6. The monoisotopic (exact) mass is 475 g/mol. The molecule has 0 saturated carbocycles. The van der Waals surface area contributed by atoms with Crippen LogP contribution in [0.1, 0.15) is 52.7 Å². The molecule has 0 aliphatic carbocycles. The maximum atomic E-state index is 13.2. The number of amides is 2. The van der Waals surface area contributed by atoms with Gasteiger partial charge in [-0.25, -0.2) is 4.79 Å². The predicted octanol–water partition coefficient (Wildman–Crippen LogP) is 4.44. The number of benzene rings is 2. The van der Waals surface area contributed by atoms with Crippen molar-refractivity contribution in [3.63, 3.8) is 0 Å². The fourth-order valence-electron chi connectivity index (χ4n) is 6.07. The van der Waals surface area contributed by atoms with Gasteiger partial charge in [-0.3, -0.25) is 9.69 Å². The number of ether oxygens (including phenoxy) is 1. The second-order valence-electron chi connectivity index (χ2n) is 10.5. The van der Waals surface area contributed by atoms with E-state index in [9.17, 15) is 9.59 Å². The third-order valence-corrected chi connectivity index (χ3v) is 8.23. The zero-order valence-corrected chi connectivity index (χ0v) is 21.0. The highest BCUT2D eigenvalue weighted by Crippen LogP contribution is 2.35. The van der Waals surface area contributed by atoms with Crippen molar-refractivity contribution in [2.24, 2.45) is 0 Å². The number of likely N-dealkylation sites (tertiary alicyclic amines) is 2. The van der Waals surface area contributed by atoms with Crippen molar-refractivity contribution in [2.75, 3.05) is 39.3 Å². The molecule has 0 radical (unpaired) electrons. The van der Waals surface area contributed by atoms with E-state index >= 15 is 0 Å². The first kappa shape index (κ1) is 23.9. The highest BCUT2D eigenvalue weighted by molar-refractivity contribution is 5.97. The second-order valence-corrected chi connectivity index (χ2v) is 10.5. The Kier molecular flexibility index (Phi) is 6.83. The van der Waals surface area contributed by atoms with E-state index in [2.05, 4.69) is 17.0 Å². The first-order valence-corrected chi connectivity index (χ1v) is 13.1. The van der Waals surface area contributed by atoms with Crippen LogP contribution in [0.3, 0.4) is 0 Å². The highest BCUT2D eigenvalue weighted by Gasteiger charge is 2.47. The van der Waals surface area contributed by atoms with Gasteiger partial charge in [0.1, 0.15) is 5.60 Å². The molecule has 5 rings (SSSR count). The lowest BCUT2D eigenvalue weighted by Gasteiger charge is -2.44. The Hall–Kier alpha value is -2.86. The van der Waals surface area contributed by atoms with Crippen LogP contribution in [0.25, 0.3) is 0 Å². The SMILES string of the molecule is Cc1cccc(C)c1C(=O)N1CCC(N2CCC3(CC2)CN(CCc2ccccc2)C(=O)O3)CC1. The van der Waals surface area contributed by atoms with Crippen molar-refractivity contribution < 1.29 is 14.3 Å². The zero-order chi connectivity index (χ0) is 24.4. The van der Waals surface area contributed by atoms with Crippen molar-refractivity contribution in [1.82, 2.24) is 14.7 Å². The van der Waals surface area contributed by atoms with Crippen molar-refractivity contribution in [2.45, 2.75) is 57.6 Å². The molecule has 6 heteroatoms. The summed E-state index contributed by atoms with van der Waals surface area (Å²) < 4.78 is 5.95. The summed E-state index contributed by atoms with van der Waals surface area (Å²) in [4.78, 5) is 32.2. The van der Waals surface area contributed by atoms with Gasteiger partial charge in [-0.15, -0.1) is 0 Å². The van der Waals surface area contributed by atoms with Gasteiger partial charge in [0.15, 0.2) is 0 Å². The number of carbonyl (C=O) groups excluding carboxylic acids is 2. The van der Waals surface area contributed by atoms with Crippen molar-refractivity contribution in [3.8, 4) is 0 Å². The van der Waals surface area contributed by atoms with E-state index in [4.69, 9.17) is 4.74 Å². The number of aryl methyl sites for hydroxylation is 2. The fraction of sp³-hybridized carbons (Fsp3) is 0.517. The summed E-state index contributed by atoms with van der Waals surface area (Å²) in [5.41, 5.74) is 3.90. The van der Waals surface area contributed by atoms with Gasteiger partial charge in [-0.2, -0.15) is 0 Å². The minimum Gasteiger partial charge on any atom is -0.441 e. The number of hydrogen-bond acceptors (Lipinski definition) is 4. The van der Waals surface area contributed by atoms with Crippen LogP contribution in [0.4, 0.5) is 4.79 Å². The maximum absolute atomic E-state index is 13.2. The van der Waals surface area contributed by atoms with E-state index in [-0.39, 0.29) is 17.6 Å². The van der Waals surface area contributed by atoms with E-state index < -0.39 is 0 Å². The molecule has 3 fully saturated rings. The molecule has 3 aliphatic heterocycles. The maximum Gasteiger partial charge on any atom is 0.410 e. The largest absolute Gasteiger partial charge is 0.441 e. The van der Waals surface area contributed by atoms with Gasteiger partial charge in [-0.1, -0.05) is 48.5 Å². The van der Waals surface area contributed by atoms with Gasteiger partial charge in [-0.05, 0) is 49.8 Å². The number of piperidine rings is 2. The van der Waals surface area contributed by atoms with Crippen LogP contribution in [0.5, 0.6) is 0 Å². The van der Waals surface area contributed by atoms with Crippen LogP contribution in [-0.2, 0) is 11.2 Å². The quantitative estimate of drug-likeness (QED) is 0.642. The molecule has 35 heavy (non-hydrogen) atoms. The Morgan fingerprint density at radius 3 is 2.26 bits per heavy atom. The zero-order valence-electron chi connectivity index (χ0n) is 21.0. The number of rotatable bonds is 5. The van der Waals surface area contributed by atoms with Crippen LogP contribution in [0.15, 0.2) is 48.5 Å². The average Bonchev–Trinajstić information content (AvgIpc) is 3.18. The smallest absolute Gasteiger partial charge is 0.410 e. The average molecular weight is 476 g/mol. The summed E-state index contributed by atoms with van der Waals surface area (Å²) in [6.45, 7) is 8.98. The molecule has 0 unspecified atom stereocenters. The Bertz CT molecular complexity index is 1030.